The monoisotopic (exact) mass is 364 g/mol. The highest BCUT2D eigenvalue weighted by Gasteiger charge is 2.22. The molecule has 0 saturated carbocycles. The molecule has 0 aliphatic carbocycles. The second kappa shape index (κ2) is 7.21. The largest absolute Gasteiger partial charge is 0.377 e. The van der Waals surface area contributed by atoms with Crippen molar-refractivity contribution in [3.05, 3.63) is 30.1 Å². The van der Waals surface area contributed by atoms with Crippen molar-refractivity contribution in [2.45, 2.75) is 26.3 Å². The quantitative estimate of drug-likeness (QED) is 0.712. The van der Waals surface area contributed by atoms with Gasteiger partial charge in [-0.1, -0.05) is 12.8 Å². The number of carbonyl (C=O) groups excluding carboxylic acids is 1. The maximum Gasteiger partial charge on any atom is 0.205 e. The van der Waals surface area contributed by atoms with Crippen molar-refractivity contribution < 1.29 is 9.53 Å². The van der Waals surface area contributed by atoms with Gasteiger partial charge in [0.2, 0.25) is 5.78 Å². The van der Waals surface area contributed by atoms with E-state index in [1.165, 1.54) is 0 Å². The molecule has 1 fully saturated rings. The first kappa shape index (κ1) is 17.2. The predicted molar refractivity (Wildman–Crippen MR) is 101 cm³/mol. The minimum absolute atomic E-state index is 0.0952. The van der Waals surface area contributed by atoms with Crippen molar-refractivity contribution in [1.82, 2.24) is 25.0 Å². The molecule has 0 bridgehead atoms. The number of fused-ring (bicyclic) bond motifs is 1. The summed E-state index contributed by atoms with van der Waals surface area (Å²) in [6.07, 6.45) is 3.77. The van der Waals surface area contributed by atoms with Gasteiger partial charge in [0, 0.05) is 24.6 Å². The average Bonchev–Trinajstić information content (AvgIpc) is 3.35. The van der Waals surface area contributed by atoms with Crippen LogP contribution in [0.2, 0.25) is 0 Å². The lowest BCUT2D eigenvalue weighted by Gasteiger charge is -2.34. The molecule has 3 aromatic rings. The van der Waals surface area contributed by atoms with Crippen LogP contribution in [-0.2, 0) is 9.53 Å². The Bertz CT molecular complexity index is 1030. The number of morpholine rings is 1. The van der Waals surface area contributed by atoms with E-state index in [9.17, 15) is 4.79 Å². The number of pyridine rings is 1. The van der Waals surface area contributed by atoms with Gasteiger partial charge in [0.1, 0.15) is 5.82 Å². The van der Waals surface area contributed by atoms with Crippen molar-refractivity contribution in [3.8, 4) is 17.7 Å². The Hall–Kier alpha value is -3.18. The van der Waals surface area contributed by atoms with Crippen molar-refractivity contribution in [1.29, 1.82) is 0 Å². The number of hydrogen-bond acceptors (Lipinski definition) is 6. The molecule has 138 valence electrons. The topological polar surface area (TPSA) is 88.9 Å². The molecule has 0 radical (unpaired) electrons. The molecule has 27 heavy (non-hydrogen) atoms. The number of rotatable bonds is 3. The maximum atomic E-state index is 11.7. The normalized spacial score (nSPS) is 17.0. The third-order valence-corrected chi connectivity index (χ3v) is 4.56. The SMILES string of the molecule is CCC(=O)C#Cc1cc(N2CCOC[C@H]2C)nc2c1cnn2-c1ccn[nH]1. The zero-order valence-corrected chi connectivity index (χ0v) is 15.3. The molecule has 0 unspecified atom stereocenters. The highest BCUT2D eigenvalue weighted by Crippen LogP contribution is 2.26. The number of nitrogens with one attached hydrogen (secondary N) is 1. The molecule has 0 spiro atoms. The molecular formula is C19H20N6O2. The Kier molecular flexibility index (Phi) is 4.60. The van der Waals surface area contributed by atoms with Gasteiger partial charge >= 0.3 is 0 Å². The molecular weight excluding hydrogens is 344 g/mol. The van der Waals surface area contributed by atoms with E-state index >= 15 is 0 Å². The van der Waals surface area contributed by atoms with Gasteiger partial charge in [-0.05, 0) is 18.9 Å². The van der Waals surface area contributed by atoms with Gasteiger partial charge < -0.3 is 9.64 Å². The van der Waals surface area contributed by atoms with Gasteiger partial charge in [0.15, 0.2) is 11.5 Å². The number of Topliss-reactive ketones (excluding diaryl/α,β-unsaturated/α-hetero) is 1. The molecule has 1 atom stereocenters. The molecule has 0 aromatic carbocycles. The maximum absolute atomic E-state index is 11.7. The molecule has 1 aliphatic rings. The van der Waals surface area contributed by atoms with Crippen LogP contribution >= 0.6 is 0 Å². The number of H-pyrrole nitrogens is 1. The van der Waals surface area contributed by atoms with Crippen molar-refractivity contribution in [2.75, 3.05) is 24.7 Å². The van der Waals surface area contributed by atoms with Crippen LogP contribution < -0.4 is 4.90 Å². The summed E-state index contributed by atoms with van der Waals surface area (Å²) in [5.41, 5.74) is 1.41. The van der Waals surface area contributed by atoms with E-state index in [2.05, 4.69) is 39.0 Å². The van der Waals surface area contributed by atoms with E-state index in [0.29, 0.717) is 31.1 Å². The fraction of sp³-hybridized carbons (Fsp3) is 0.368. The first-order valence-electron chi connectivity index (χ1n) is 8.95. The van der Waals surface area contributed by atoms with Gasteiger partial charge in [-0.25, -0.2) is 4.98 Å². The fourth-order valence-electron chi connectivity index (χ4n) is 3.07. The van der Waals surface area contributed by atoms with Gasteiger partial charge in [0.25, 0.3) is 0 Å². The summed E-state index contributed by atoms with van der Waals surface area (Å²) in [7, 11) is 0. The second-order valence-corrected chi connectivity index (χ2v) is 6.41. The summed E-state index contributed by atoms with van der Waals surface area (Å²) in [6.45, 7) is 5.95. The molecule has 8 nitrogen and oxygen atoms in total. The van der Waals surface area contributed by atoms with Gasteiger partial charge in [-0.3, -0.25) is 9.89 Å². The Labute approximate surface area is 156 Å². The molecule has 3 aromatic heterocycles. The van der Waals surface area contributed by atoms with Crippen molar-refractivity contribution in [3.63, 3.8) is 0 Å². The van der Waals surface area contributed by atoms with Crippen molar-refractivity contribution in [2.24, 2.45) is 0 Å². The van der Waals surface area contributed by atoms with Crippen LogP contribution in [0.1, 0.15) is 25.8 Å². The number of ketones is 1. The van der Waals surface area contributed by atoms with E-state index in [1.807, 2.05) is 12.1 Å². The number of hydrogen-bond donors (Lipinski definition) is 1. The second-order valence-electron chi connectivity index (χ2n) is 6.41. The zero-order valence-electron chi connectivity index (χ0n) is 15.3. The Morgan fingerprint density at radius 1 is 1.48 bits per heavy atom. The number of ether oxygens (including phenoxy) is 1. The van der Waals surface area contributed by atoms with Gasteiger partial charge in [-0.2, -0.15) is 14.9 Å². The third kappa shape index (κ3) is 3.29. The number of anilines is 1. The van der Waals surface area contributed by atoms with E-state index in [-0.39, 0.29) is 11.8 Å². The van der Waals surface area contributed by atoms with Crippen LogP contribution in [0, 0.1) is 11.8 Å². The summed E-state index contributed by atoms with van der Waals surface area (Å²) in [5.74, 6) is 7.14. The molecule has 1 aliphatic heterocycles. The van der Waals surface area contributed by atoms with Gasteiger partial charge in [-0.15, -0.1) is 0 Å². The highest BCUT2D eigenvalue weighted by molar-refractivity contribution is 5.97. The number of aromatic nitrogens is 5. The number of aromatic amines is 1. The highest BCUT2D eigenvalue weighted by atomic mass is 16.5. The van der Waals surface area contributed by atoms with Crippen molar-refractivity contribution >= 4 is 22.6 Å². The third-order valence-electron chi connectivity index (χ3n) is 4.56. The van der Waals surface area contributed by atoms with Crippen LogP contribution in [0.3, 0.4) is 0 Å². The number of nitrogens with zero attached hydrogens (tertiary/aromatic N) is 5. The van der Waals surface area contributed by atoms with Gasteiger partial charge in [0.05, 0.1) is 37.0 Å². The standard InChI is InChI=1S/C19H20N6O2/c1-3-15(26)5-4-14-10-18(24-8-9-27-12-13(24)2)22-19-16(14)11-21-25(19)17-6-7-20-23-17/h6-7,10-11,13H,3,8-9,12H2,1-2H3,(H,20,23)/t13-/m1/s1. The minimum Gasteiger partial charge on any atom is -0.377 e. The summed E-state index contributed by atoms with van der Waals surface area (Å²) < 4.78 is 7.24. The first-order chi connectivity index (χ1) is 13.2. The Balaban J connectivity index is 1.89. The number of carbonyl (C=O) groups is 1. The summed E-state index contributed by atoms with van der Waals surface area (Å²) >= 11 is 0. The van der Waals surface area contributed by atoms with Crippen LogP contribution in [0.25, 0.3) is 16.9 Å². The van der Waals surface area contributed by atoms with E-state index < -0.39 is 0 Å². The Morgan fingerprint density at radius 3 is 3.11 bits per heavy atom. The molecule has 4 heterocycles. The van der Waals surface area contributed by atoms with Crippen LogP contribution in [0.4, 0.5) is 5.82 Å². The summed E-state index contributed by atoms with van der Waals surface area (Å²) in [6, 6.07) is 3.95. The van der Waals surface area contributed by atoms with Crippen LogP contribution in [0.5, 0.6) is 0 Å². The lowest BCUT2D eigenvalue weighted by Crippen LogP contribution is -2.44. The first-order valence-corrected chi connectivity index (χ1v) is 8.95. The molecule has 8 heteroatoms. The lowest BCUT2D eigenvalue weighted by molar-refractivity contribution is -0.113. The fourth-order valence-corrected chi connectivity index (χ4v) is 3.07. The smallest absolute Gasteiger partial charge is 0.205 e. The van der Waals surface area contributed by atoms with E-state index in [4.69, 9.17) is 9.72 Å². The molecule has 4 rings (SSSR count). The Morgan fingerprint density at radius 2 is 2.37 bits per heavy atom. The average molecular weight is 364 g/mol. The van der Waals surface area contributed by atoms with Crippen LogP contribution in [-0.4, -0.2) is 56.5 Å². The van der Waals surface area contributed by atoms with E-state index in [1.54, 1.807) is 24.0 Å². The summed E-state index contributed by atoms with van der Waals surface area (Å²) in [5, 5.41) is 12.1. The predicted octanol–water partition coefficient (Wildman–Crippen LogP) is 1.70. The minimum atomic E-state index is -0.0952. The summed E-state index contributed by atoms with van der Waals surface area (Å²) in [4.78, 5) is 18.7. The zero-order chi connectivity index (χ0) is 18.8. The van der Waals surface area contributed by atoms with Crippen LogP contribution in [0.15, 0.2) is 24.5 Å². The molecule has 1 N–H and O–H groups in total. The lowest BCUT2D eigenvalue weighted by atomic mass is 10.1. The molecule has 0 amide bonds. The van der Waals surface area contributed by atoms with E-state index in [0.717, 1.165) is 23.3 Å². The molecule has 1 saturated heterocycles.